The molecule has 108 valence electrons. The van der Waals surface area contributed by atoms with Crippen LogP contribution in [0.1, 0.15) is 36.3 Å². The molecule has 3 rings (SSSR count). The van der Waals surface area contributed by atoms with E-state index in [1.807, 2.05) is 0 Å². The van der Waals surface area contributed by atoms with E-state index < -0.39 is 11.7 Å². The van der Waals surface area contributed by atoms with Crippen LogP contribution in [-0.2, 0) is 9.59 Å². The first kappa shape index (κ1) is 13.8. The van der Waals surface area contributed by atoms with Gasteiger partial charge in [-0.3, -0.25) is 9.59 Å². The van der Waals surface area contributed by atoms with Gasteiger partial charge in [-0.2, -0.15) is 0 Å². The maximum atomic E-state index is 14.4. The van der Waals surface area contributed by atoms with E-state index in [2.05, 4.69) is 5.92 Å². The highest BCUT2D eigenvalue weighted by Crippen LogP contribution is 2.46. The average Bonchev–Trinajstić information content (AvgIpc) is 2.93. The van der Waals surface area contributed by atoms with Gasteiger partial charge < -0.3 is 4.74 Å². The Bertz CT molecular complexity index is 649. The fourth-order valence-electron chi connectivity index (χ4n) is 3.52. The highest BCUT2D eigenvalue weighted by molar-refractivity contribution is 6.12. The van der Waals surface area contributed by atoms with Gasteiger partial charge in [-0.15, -0.1) is 6.42 Å². The Kier molecular flexibility index (Phi) is 3.29. The predicted molar refractivity (Wildman–Crippen MR) is 74.5 cm³/mol. The summed E-state index contributed by atoms with van der Waals surface area (Å²) in [5, 5.41) is 0. The molecular formula is C17H15FO3. The van der Waals surface area contributed by atoms with Crippen LogP contribution >= 0.6 is 0 Å². The molecule has 2 unspecified atom stereocenters. The summed E-state index contributed by atoms with van der Waals surface area (Å²) in [5.41, 5.74) is 0.370. The van der Waals surface area contributed by atoms with Gasteiger partial charge in [0.25, 0.3) is 0 Å². The van der Waals surface area contributed by atoms with Crippen LogP contribution in [0, 0.1) is 30.0 Å². The van der Waals surface area contributed by atoms with Crippen molar-refractivity contribution >= 4 is 11.6 Å². The van der Waals surface area contributed by atoms with E-state index in [4.69, 9.17) is 11.2 Å². The van der Waals surface area contributed by atoms with E-state index in [0.29, 0.717) is 12.0 Å². The third-order valence-corrected chi connectivity index (χ3v) is 4.57. The Labute approximate surface area is 122 Å². The average molecular weight is 286 g/mol. The minimum atomic E-state index is -1.04. The van der Waals surface area contributed by atoms with Crippen LogP contribution in [0.4, 0.5) is 4.39 Å². The summed E-state index contributed by atoms with van der Waals surface area (Å²) in [6.45, 7) is 0. The number of rotatable bonds is 2. The molecule has 2 aliphatic rings. The van der Waals surface area contributed by atoms with Crippen LogP contribution in [0.5, 0.6) is 5.75 Å². The second-order valence-corrected chi connectivity index (χ2v) is 5.66. The smallest absolute Gasteiger partial charge is 0.151 e. The van der Waals surface area contributed by atoms with Gasteiger partial charge in [0.2, 0.25) is 0 Å². The molecule has 4 heteroatoms. The van der Waals surface area contributed by atoms with Crippen molar-refractivity contribution in [2.45, 2.75) is 25.2 Å². The predicted octanol–water partition coefficient (Wildman–Crippen LogP) is 2.47. The van der Waals surface area contributed by atoms with Gasteiger partial charge in [0.05, 0.1) is 7.11 Å². The zero-order chi connectivity index (χ0) is 15.1. The quantitative estimate of drug-likeness (QED) is 0.619. The van der Waals surface area contributed by atoms with Gasteiger partial charge in [-0.25, -0.2) is 4.39 Å². The highest BCUT2D eigenvalue weighted by Gasteiger charge is 2.49. The highest BCUT2D eigenvalue weighted by atomic mass is 19.1. The van der Waals surface area contributed by atoms with Crippen molar-refractivity contribution in [3.8, 4) is 18.1 Å². The van der Waals surface area contributed by atoms with Crippen LogP contribution in [-0.4, -0.2) is 18.7 Å². The lowest BCUT2D eigenvalue weighted by atomic mass is 9.75. The number of carbonyl (C=O) groups excluding carboxylic acids is 2. The van der Waals surface area contributed by atoms with E-state index in [0.717, 1.165) is 12.8 Å². The summed E-state index contributed by atoms with van der Waals surface area (Å²) < 4.78 is 19.6. The number of carbonyl (C=O) groups is 2. The first-order chi connectivity index (χ1) is 10.1. The summed E-state index contributed by atoms with van der Waals surface area (Å²) >= 11 is 0. The van der Waals surface area contributed by atoms with Gasteiger partial charge >= 0.3 is 0 Å². The van der Waals surface area contributed by atoms with Crippen LogP contribution < -0.4 is 4.74 Å². The van der Waals surface area contributed by atoms with Crippen LogP contribution in [0.25, 0.3) is 0 Å². The molecule has 2 bridgehead atoms. The summed E-state index contributed by atoms with van der Waals surface area (Å²) in [6, 6.07) is 2.67. The van der Waals surface area contributed by atoms with Gasteiger partial charge in [0.15, 0.2) is 11.6 Å². The first-order valence-electron chi connectivity index (χ1n) is 6.98. The van der Waals surface area contributed by atoms with Crippen LogP contribution in [0.3, 0.4) is 0 Å². The second-order valence-electron chi connectivity index (χ2n) is 5.66. The fraction of sp³-hybridized carbons (Fsp3) is 0.412. The van der Waals surface area contributed by atoms with E-state index in [-0.39, 0.29) is 34.7 Å². The topological polar surface area (TPSA) is 43.4 Å². The molecule has 3 nitrogen and oxygen atoms in total. The van der Waals surface area contributed by atoms with Gasteiger partial charge in [0.1, 0.15) is 17.5 Å². The largest absolute Gasteiger partial charge is 0.496 e. The molecule has 0 saturated heterocycles. The van der Waals surface area contributed by atoms with E-state index in [1.165, 1.54) is 19.2 Å². The Morgan fingerprint density at radius 2 is 1.86 bits per heavy atom. The lowest BCUT2D eigenvalue weighted by Crippen LogP contribution is -2.35. The lowest BCUT2D eigenvalue weighted by molar-refractivity contribution is -0.136. The van der Waals surface area contributed by atoms with E-state index in [1.54, 1.807) is 0 Å². The summed E-state index contributed by atoms with van der Waals surface area (Å²) in [4.78, 5) is 25.0. The standard InChI is InChI=1S/C17H15FO3/c1-3-9-6-12(18)14(13(7-9)21-2)15-16(19)10-4-5-11(8-10)17(15)20/h1,6-7,10-11,15H,4-5,8H2,2H3. The second kappa shape index (κ2) is 5.00. The summed E-state index contributed by atoms with van der Waals surface area (Å²) in [5.74, 6) is 0.202. The minimum absolute atomic E-state index is 0.0445. The maximum Gasteiger partial charge on any atom is 0.151 e. The Balaban J connectivity index is 2.14. The van der Waals surface area contributed by atoms with Gasteiger partial charge in [0, 0.05) is 23.0 Å². The van der Waals surface area contributed by atoms with Crippen molar-refractivity contribution in [2.24, 2.45) is 11.8 Å². The molecule has 1 aromatic carbocycles. The molecule has 0 spiro atoms. The number of ketones is 2. The SMILES string of the molecule is C#Cc1cc(F)c(C2C(=O)C3CCC(C3)C2=O)c(OC)c1. The number of hydrogen-bond acceptors (Lipinski definition) is 3. The Hall–Kier alpha value is -2.15. The van der Waals surface area contributed by atoms with Crippen molar-refractivity contribution in [2.75, 3.05) is 7.11 Å². The molecule has 21 heavy (non-hydrogen) atoms. The summed E-state index contributed by atoms with van der Waals surface area (Å²) in [7, 11) is 1.38. The summed E-state index contributed by atoms with van der Waals surface area (Å²) in [6.07, 6.45) is 7.33. The molecular weight excluding hydrogens is 271 g/mol. The van der Waals surface area contributed by atoms with Crippen molar-refractivity contribution in [3.63, 3.8) is 0 Å². The lowest BCUT2D eigenvalue weighted by Gasteiger charge is -2.27. The number of benzene rings is 1. The number of hydrogen-bond donors (Lipinski definition) is 0. The molecule has 0 aliphatic heterocycles. The maximum absolute atomic E-state index is 14.4. The van der Waals surface area contributed by atoms with E-state index in [9.17, 15) is 14.0 Å². The molecule has 1 aromatic rings. The molecule has 0 radical (unpaired) electrons. The minimum Gasteiger partial charge on any atom is -0.496 e. The number of methoxy groups -OCH3 is 1. The normalized spacial score (nSPS) is 27.6. The van der Waals surface area contributed by atoms with Crippen molar-refractivity contribution in [3.05, 3.63) is 29.1 Å². The molecule has 0 aromatic heterocycles. The van der Waals surface area contributed by atoms with Crippen molar-refractivity contribution in [1.29, 1.82) is 0 Å². The zero-order valence-electron chi connectivity index (χ0n) is 11.7. The van der Waals surface area contributed by atoms with Crippen molar-refractivity contribution in [1.82, 2.24) is 0 Å². The molecule has 2 atom stereocenters. The molecule has 0 amide bonds. The van der Waals surface area contributed by atoms with Gasteiger partial charge in [-0.1, -0.05) is 5.92 Å². The molecule has 2 aliphatic carbocycles. The number of ether oxygens (including phenoxy) is 1. The molecule has 2 fully saturated rings. The monoisotopic (exact) mass is 286 g/mol. The fourth-order valence-corrected chi connectivity index (χ4v) is 3.52. The van der Waals surface area contributed by atoms with Crippen LogP contribution in [0.15, 0.2) is 12.1 Å². The van der Waals surface area contributed by atoms with Crippen molar-refractivity contribution < 1.29 is 18.7 Å². The van der Waals surface area contributed by atoms with E-state index >= 15 is 0 Å². The zero-order valence-corrected chi connectivity index (χ0v) is 11.7. The molecule has 2 saturated carbocycles. The molecule has 0 N–H and O–H groups in total. The first-order valence-corrected chi connectivity index (χ1v) is 6.98. The number of terminal acetylenes is 1. The number of halogens is 1. The third-order valence-electron chi connectivity index (χ3n) is 4.57. The number of Topliss-reactive ketones (excluding diaryl/α,β-unsaturated/α-hetero) is 2. The Morgan fingerprint density at radius 1 is 1.24 bits per heavy atom. The molecule has 0 heterocycles. The number of fused-ring (bicyclic) bond motifs is 2. The van der Waals surface area contributed by atoms with Crippen LogP contribution in [0.2, 0.25) is 0 Å². The Morgan fingerprint density at radius 3 is 2.38 bits per heavy atom. The third kappa shape index (κ3) is 2.04. The van der Waals surface area contributed by atoms with Gasteiger partial charge in [-0.05, 0) is 31.4 Å².